The van der Waals surface area contributed by atoms with Crippen molar-refractivity contribution in [3.05, 3.63) is 0 Å². The van der Waals surface area contributed by atoms with Gasteiger partial charge in [-0.05, 0) is 38.0 Å². The molecule has 0 aromatic carbocycles. The van der Waals surface area contributed by atoms with Gasteiger partial charge in [-0.3, -0.25) is 9.59 Å². The predicted octanol–water partition coefficient (Wildman–Crippen LogP) is 2.08. The summed E-state index contributed by atoms with van der Waals surface area (Å²) < 4.78 is 0. The van der Waals surface area contributed by atoms with E-state index < -0.39 is 0 Å². The molecule has 2 fully saturated rings. The molecule has 1 saturated heterocycles. The van der Waals surface area contributed by atoms with Gasteiger partial charge in [-0.1, -0.05) is 26.7 Å². The summed E-state index contributed by atoms with van der Waals surface area (Å²) in [5, 5.41) is 2.79. The molecule has 19 heavy (non-hydrogen) atoms. The van der Waals surface area contributed by atoms with Gasteiger partial charge in [0.15, 0.2) is 0 Å². The fourth-order valence-corrected chi connectivity index (χ4v) is 3.62. The Kier molecular flexibility index (Phi) is 4.16. The molecule has 1 heterocycles. The highest BCUT2D eigenvalue weighted by Gasteiger charge is 2.42. The molecule has 0 bridgehead atoms. The molecule has 1 aliphatic carbocycles. The molecular weight excluding hydrogens is 240 g/mol. The summed E-state index contributed by atoms with van der Waals surface area (Å²) in [5.74, 6) is 0.102. The van der Waals surface area contributed by atoms with E-state index in [-0.39, 0.29) is 29.3 Å². The number of carbonyl (C=O) groups excluding carboxylic acids is 2. The van der Waals surface area contributed by atoms with Gasteiger partial charge < -0.3 is 10.2 Å². The van der Waals surface area contributed by atoms with E-state index in [9.17, 15) is 9.59 Å². The maximum Gasteiger partial charge on any atom is 0.245 e. The van der Waals surface area contributed by atoms with E-state index in [4.69, 9.17) is 0 Å². The van der Waals surface area contributed by atoms with Crippen molar-refractivity contribution in [3.63, 3.8) is 0 Å². The molecule has 0 spiro atoms. The number of rotatable bonds is 4. The Morgan fingerprint density at radius 3 is 2.42 bits per heavy atom. The fraction of sp³-hybridized carbons (Fsp3) is 0.867. The van der Waals surface area contributed by atoms with E-state index in [1.807, 2.05) is 11.8 Å². The van der Waals surface area contributed by atoms with Crippen LogP contribution in [0, 0.1) is 5.41 Å². The van der Waals surface area contributed by atoms with Crippen molar-refractivity contribution in [3.8, 4) is 0 Å². The van der Waals surface area contributed by atoms with E-state index in [0.717, 1.165) is 13.0 Å². The average molecular weight is 266 g/mol. The first-order valence-electron chi connectivity index (χ1n) is 7.64. The number of amides is 2. The van der Waals surface area contributed by atoms with Gasteiger partial charge in [0.1, 0.15) is 12.1 Å². The number of hydrogen-bond acceptors (Lipinski definition) is 2. The molecule has 2 amide bonds. The third-order valence-electron chi connectivity index (χ3n) is 5.00. The molecule has 2 aliphatic rings. The first-order chi connectivity index (χ1) is 9.03. The summed E-state index contributed by atoms with van der Waals surface area (Å²) in [6.45, 7) is 6.74. The van der Waals surface area contributed by atoms with E-state index in [2.05, 4.69) is 12.2 Å². The minimum absolute atomic E-state index is 0.0128. The number of piperazine rings is 1. The molecule has 0 aromatic heterocycles. The lowest BCUT2D eigenvalue weighted by Gasteiger charge is -2.42. The van der Waals surface area contributed by atoms with Gasteiger partial charge in [-0.2, -0.15) is 0 Å². The van der Waals surface area contributed by atoms with E-state index in [0.29, 0.717) is 6.42 Å². The molecule has 0 radical (unpaired) electrons. The second-order valence-corrected chi connectivity index (χ2v) is 6.18. The van der Waals surface area contributed by atoms with Crippen LogP contribution >= 0.6 is 0 Å². The zero-order valence-electron chi connectivity index (χ0n) is 12.4. The minimum Gasteiger partial charge on any atom is -0.343 e. The summed E-state index contributed by atoms with van der Waals surface area (Å²) in [6.07, 6.45) is 6.70. The molecule has 2 atom stereocenters. The first kappa shape index (κ1) is 14.4. The summed E-state index contributed by atoms with van der Waals surface area (Å²) in [4.78, 5) is 26.3. The van der Waals surface area contributed by atoms with Crippen molar-refractivity contribution >= 4 is 11.8 Å². The van der Waals surface area contributed by atoms with Gasteiger partial charge in [0.25, 0.3) is 0 Å². The highest BCUT2D eigenvalue weighted by atomic mass is 16.2. The molecule has 1 N–H and O–H groups in total. The molecule has 0 aromatic rings. The Bertz CT molecular complexity index is 361. The smallest absolute Gasteiger partial charge is 0.245 e. The Morgan fingerprint density at radius 2 is 1.89 bits per heavy atom. The molecule has 1 saturated carbocycles. The lowest BCUT2D eigenvalue weighted by Crippen LogP contribution is -2.63. The highest BCUT2D eigenvalue weighted by Crippen LogP contribution is 2.42. The molecule has 2 unspecified atom stereocenters. The third kappa shape index (κ3) is 2.63. The Balaban J connectivity index is 2.18. The first-order valence-corrected chi connectivity index (χ1v) is 7.64. The number of hydrogen-bond donors (Lipinski definition) is 1. The second-order valence-electron chi connectivity index (χ2n) is 6.18. The number of nitrogens with one attached hydrogen (secondary N) is 1. The lowest BCUT2D eigenvalue weighted by atomic mass is 9.82. The second kappa shape index (κ2) is 5.51. The largest absolute Gasteiger partial charge is 0.343 e. The number of nitrogens with zero attached hydrogens (tertiary/aromatic N) is 1. The molecule has 1 aliphatic heterocycles. The van der Waals surface area contributed by atoms with Crippen LogP contribution in [-0.2, 0) is 9.59 Å². The van der Waals surface area contributed by atoms with Gasteiger partial charge >= 0.3 is 0 Å². The van der Waals surface area contributed by atoms with Crippen molar-refractivity contribution in [1.82, 2.24) is 10.2 Å². The highest BCUT2D eigenvalue weighted by molar-refractivity contribution is 5.96. The molecular formula is C15H26N2O2. The van der Waals surface area contributed by atoms with Crippen molar-refractivity contribution < 1.29 is 9.59 Å². The number of carbonyl (C=O) groups is 2. The standard InChI is InChI=1S/C15H26N2O2/c1-4-12-13(18)16-11(3)14(19)17(12)10-15(5-2)8-6-7-9-15/h11-12H,4-10H2,1-3H3,(H,16,18). The summed E-state index contributed by atoms with van der Waals surface area (Å²) >= 11 is 0. The molecule has 4 nitrogen and oxygen atoms in total. The van der Waals surface area contributed by atoms with Gasteiger partial charge in [-0.15, -0.1) is 0 Å². The van der Waals surface area contributed by atoms with E-state index in [1.165, 1.54) is 25.7 Å². The topological polar surface area (TPSA) is 49.4 Å². The van der Waals surface area contributed by atoms with Gasteiger partial charge in [0, 0.05) is 6.54 Å². The SMILES string of the molecule is CCC1C(=O)NC(C)C(=O)N1CC1(CC)CCCC1. The Labute approximate surface area is 115 Å². The van der Waals surface area contributed by atoms with Gasteiger partial charge in [-0.25, -0.2) is 0 Å². The summed E-state index contributed by atoms with van der Waals surface area (Å²) in [6, 6.07) is -0.640. The van der Waals surface area contributed by atoms with E-state index in [1.54, 1.807) is 6.92 Å². The minimum atomic E-state index is -0.370. The monoisotopic (exact) mass is 266 g/mol. The maximum atomic E-state index is 12.4. The van der Waals surface area contributed by atoms with Gasteiger partial charge in [0.05, 0.1) is 0 Å². The lowest BCUT2D eigenvalue weighted by molar-refractivity contribution is -0.150. The third-order valence-corrected chi connectivity index (χ3v) is 5.00. The molecule has 4 heteroatoms. The van der Waals surface area contributed by atoms with Crippen molar-refractivity contribution in [1.29, 1.82) is 0 Å². The van der Waals surface area contributed by atoms with Crippen LogP contribution < -0.4 is 5.32 Å². The average Bonchev–Trinajstić information content (AvgIpc) is 2.85. The normalized spacial score (nSPS) is 30.6. The van der Waals surface area contributed by atoms with Gasteiger partial charge in [0.2, 0.25) is 11.8 Å². The zero-order valence-corrected chi connectivity index (χ0v) is 12.4. The van der Waals surface area contributed by atoms with Crippen molar-refractivity contribution in [2.45, 2.75) is 71.4 Å². The van der Waals surface area contributed by atoms with Crippen LogP contribution in [0.15, 0.2) is 0 Å². The van der Waals surface area contributed by atoms with Crippen LogP contribution in [0.1, 0.15) is 59.3 Å². The zero-order chi connectivity index (χ0) is 14.0. The Morgan fingerprint density at radius 1 is 1.26 bits per heavy atom. The fourth-order valence-electron chi connectivity index (χ4n) is 3.62. The summed E-state index contributed by atoms with van der Waals surface area (Å²) in [5.41, 5.74) is 0.250. The van der Waals surface area contributed by atoms with Crippen LogP contribution in [0.3, 0.4) is 0 Å². The van der Waals surface area contributed by atoms with Crippen molar-refractivity contribution in [2.24, 2.45) is 5.41 Å². The van der Waals surface area contributed by atoms with Crippen molar-refractivity contribution in [2.75, 3.05) is 6.54 Å². The van der Waals surface area contributed by atoms with Crippen LogP contribution in [0.5, 0.6) is 0 Å². The quantitative estimate of drug-likeness (QED) is 0.847. The van der Waals surface area contributed by atoms with E-state index >= 15 is 0 Å². The van der Waals surface area contributed by atoms with Crippen LogP contribution in [0.4, 0.5) is 0 Å². The maximum absolute atomic E-state index is 12.4. The Hall–Kier alpha value is -1.06. The predicted molar refractivity (Wildman–Crippen MR) is 74.6 cm³/mol. The summed E-state index contributed by atoms with van der Waals surface area (Å²) in [7, 11) is 0. The van der Waals surface area contributed by atoms with Crippen LogP contribution in [0.25, 0.3) is 0 Å². The molecule has 2 rings (SSSR count). The molecule has 108 valence electrons. The van der Waals surface area contributed by atoms with Crippen LogP contribution in [0.2, 0.25) is 0 Å². The van der Waals surface area contributed by atoms with Crippen LogP contribution in [-0.4, -0.2) is 35.3 Å².